The highest BCUT2D eigenvalue weighted by Gasteiger charge is 2.25. The highest BCUT2D eigenvalue weighted by atomic mass is 32.2. The molecule has 33 heavy (non-hydrogen) atoms. The third-order valence-corrected chi connectivity index (χ3v) is 8.17. The van der Waals surface area contributed by atoms with E-state index in [0.29, 0.717) is 28.8 Å². The van der Waals surface area contributed by atoms with Gasteiger partial charge < -0.3 is 14.1 Å². The molecule has 0 unspecified atom stereocenters. The van der Waals surface area contributed by atoms with Crippen LogP contribution in [0.2, 0.25) is 0 Å². The van der Waals surface area contributed by atoms with Crippen LogP contribution in [0.25, 0.3) is 21.5 Å². The molecule has 0 aliphatic heterocycles. The minimum Gasteiger partial charge on any atom is -0.443 e. The van der Waals surface area contributed by atoms with Crippen LogP contribution >= 0.6 is 11.3 Å². The number of nitrogens with zero attached hydrogens (tertiary/aromatic N) is 4. The fraction of sp³-hybridized carbons (Fsp3) is 0.190. The van der Waals surface area contributed by atoms with Gasteiger partial charge in [0.05, 0.1) is 17.1 Å². The van der Waals surface area contributed by atoms with Crippen molar-refractivity contribution in [1.29, 1.82) is 0 Å². The molecule has 0 fully saturated rings. The SMILES string of the molecule is CCn1c(Oc2ccc3cc[nH]c3c2)nnc1[C@@H](C)NS(=O)(=O)c1ccc(-c2cnco2)s1. The Morgan fingerprint density at radius 3 is 2.91 bits per heavy atom. The van der Waals surface area contributed by atoms with Gasteiger partial charge in [0.25, 0.3) is 10.0 Å². The summed E-state index contributed by atoms with van der Waals surface area (Å²) in [7, 11) is -3.79. The number of rotatable bonds is 8. The van der Waals surface area contributed by atoms with Crippen molar-refractivity contribution in [1.82, 2.24) is 29.5 Å². The van der Waals surface area contributed by atoms with E-state index in [-0.39, 0.29) is 10.2 Å². The maximum absolute atomic E-state index is 13.0. The average Bonchev–Trinajstić information content (AvgIpc) is 3.59. The summed E-state index contributed by atoms with van der Waals surface area (Å²) in [4.78, 5) is 7.68. The number of sulfonamides is 1. The fourth-order valence-electron chi connectivity index (χ4n) is 3.47. The Morgan fingerprint density at radius 1 is 1.24 bits per heavy atom. The molecular formula is C21H20N6O4S2. The third-order valence-electron chi connectivity index (χ3n) is 5.04. The molecule has 5 aromatic rings. The van der Waals surface area contributed by atoms with Crippen molar-refractivity contribution in [2.24, 2.45) is 0 Å². The van der Waals surface area contributed by atoms with Crippen LogP contribution in [0.1, 0.15) is 25.7 Å². The standard InChI is InChI=1S/C21H20N6O4S2/c1-3-27-20(24-25-21(27)31-15-5-4-14-8-9-23-16(14)10-15)13(2)26-33(28,29)19-7-6-18(32-19)17-11-22-12-30-17/h4-13,23,26H,3H2,1-2H3/t13-/m1/s1. The number of hydrogen-bond acceptors (Lipinski definition) is 8. The van der Waals surface area contributed by atoms with Crippen LogP contribution in [0.4, 0.5) is 0 Å². The molecule has 0 saturated heterocycles. The van der Waals surface area contributed by atoms with Gasteiger partial charge >= 0.3 is 6.01 Å². The van der Waals surface area contributed by atoms with Crippen LogP contribution in [-0.4, -0.2) is 33.2 Å². The lowest BCUT2D eigenvalue weighted by atomic mass is 10.2. The van der Waals surface area contributed by atoms with Gasteiger partial charge in [0.15, 0.2) is 18.0 Å². The molecule has 5 rings (SSSR count). The third kappa shape index (κ3) is 4.15. The summed E-state index contributed by atoms with van der Waals surface area (Å²) < 4.78 is 41.7. The number of hydrogen-bond donors (Lipinski definition) is 2. The molecule has 0 spiro atoms. The van der Waals surface area contributed by atoms with Crippen LogP contribution in [0.5, 0.6) is 11.8 Å². The molecule has 0 aliphatic rings. The lowest BCUT2D eigenvalue weighted by molar-refractivity contribution is 0.408. The molecule has 1 atom stereocenters. The Morgan fingerprint density at radius 2 is 2.12 bits per heavy atom. The molecule has 0 bridgehead atoms. The smallest absolute Gasteiger partial charge is 0.322 e. The highest BCUT2D eigenvalue weighted by molar-refractivity contribution is 7.91. The predicted molar refractivity (Wildman–Crippen MR) is 123 cm³/mol. The average molecular weight is 485 g/mol. The van der Waals surface area contributed by atoms with E-state index in [1.807, 2.05) is 37.4 Å². The van der Waals surface area contributed by atoms with Crippen molar-refractivity contribution in [2.45, 2.75) is 30.6 Å². The maximum Gasteiger partial charge on any atom is 0.322 e. The van der Waals surface area contributed by atoms with Gasteiger partial charge in [-0.25, -0.2) is 13.4 Å². The number of aromatic amines is 1. The van der Waals surface area contributed by atoms with Crippen molar-refractivity contribution in [3.05, 3.63) is 61.0 Å². The van der Waals surface area contributed by atoms with Crippen LogP contribution in [0, 0.1) is 0 Å². The molecule has 10 nitrogen and oxygen atoms in total. The first-order chi connectivity index (χ1) is 15.9. The molecule has 0 radical (unpaired) electrons. The zero-order chi connectivity index (χ0) is 23.0. The molecule has 0 saturated carbocycles. The zero-order valence-corrected chi connectivity index (χ0v) is 19.4. The number of ether oxygens (including phenoxy) is 1. The molecular weight excluding hydrogens is 464 g/mol. The molecule has 170 valence electrons. The maximum atomic E-state index is 13.0. The second-order valence-electron chi connectivity index (χ2n) is 7.24. The van der Waals surface area contributed by atoms with Crippen molar-refractivity contribution < 1.29 is 17.6 Å². The molecule has 1 aromatic carbocycles. The Hall–Kier alpha value is -3.48. The number of fused-ring (bicyclic) bond motifs is 1. The number of oxazole rings is 1. The van der Waals surface area contributed by atoms with Crippen LogP contribution < -0.4 is 9.46 Å². The van der Waals surface area contributed by atoms with Crippen LogP contribution in [-0.2, 0) is 16.6 Å². The molecule has 4 heterocycles. The van der Waals surface area contributed by atoms with Gasteiger partial charge in [-0.3, -0.25) is 4.57 Å². The van der Waals surface area contributed by atoms with Crippen molar-refractivity contribution in [2.75, 3.05) is 0 Å². The largest absolute Gasteiger partial charge is 0.443 e. The summed E-state index contributed by atoms with van der Waals surface area (Å²) in [6, 6.07) is 10.5. The Bertz CT molecular complexity index is 1500. The van der Waals surface area contributed by atoms with Gasteiger partial charge in [0.1, 0.15) is 9.96 Å². The van der Waals surface area contributed by atoms with Crippen molar-refractivity contribution in [3.63, 3.8) is 0 Å². The first-order valence-corrected chi connectivity index (χ1v) is 12.4. The Labute approximate surface area is 193 Å². The van der Waals surface area contributed by atoms with Crippen LogP contribution in [0.3, 0.4) is 0 Å². The van der Waals surface area contributed by atoms with E-state index in [1.165, 1.54) is 18.7 Å². The number of H-pyrrole nitrogens is 1. The van der Waals surface area contributed by atoms with Gasteiger partial charge in [-0.1, -0.05) is 5.10 Å². The van der Waals surface area contributed by atoms with Gasteiger partial charge in [-0.15, -0.1) is 16.4 Å². The molecule has 2 N–H and O–H groups in total. The van der Waals surface area contributed by atoms with E-state index < -0.39 is 16.1 Å². The van der Waals surface area contributed by atoms with E-state index in [2.05, 4.69) is 24.9 Å². The minimum atomic E-state index is -3.79. The monoisotopic (exact) mass is 484 g/mol. The number of benzene rings is 1. The van der Waals surface area contributed by atoms with E-state index in [1.54, 1.807) is 17.6 Å². The van der Waals surface area contributed by atoms with Crippen LogP contribution in [0.15, 0.2) is 63.8 Å². The summed E-state index contributed by atoms with van der Waals surface area (Å²) in [6.07, 6.45) is 4.70. The van der Waals surface area contributed by atoms with E-state index in [9.17, 15) is 8.42 Å². The summed E-state index contributed by atoms with van der Waals surface area (Å²) in [5.41, 5.74) is 0.942. The molecule has 12 heteroatoms. The van der Waals surface area contributed by atoms with E-state index in [0.717, 1.165) is 22.2 Å². The summed E-state index contributed by atoms with van der Waals surface area (Å²) in [6.45, 7) is 4.13. The topological polar surface area (TPSA) is 128 Å². The normalized spacial score (nSPS) is 12.9. The second-order valence-corrected chi connectivity index (χ2v) is 10.3. The highest BCUT2D eigenvalue weighted by Crippen LogP contribution is 2.31. The van der Waals surface area contributed by atoms with E-state index >= 15 is 0 Å². The Kier molecular flexibility index (Phi) is 5.48. The summed E-state index contributed by atoms with van der Waals surface area (Å²) in [5.74, 6) is 1.56. The summed E-state index contributed by atoms with van der Waals surface area (Å²) >= 11 is 1.10. The second kappa shape index (κ2) is 8.46. The molecule has 0 amide bonds. The van der Waals surface area contributed by atoms with Gasteiger partial charge in [-0.05, 0) is 49.6 Å². The number of thiophene rings is 1. The minimum absolute atomic E-state index is 0.166. The number of aromatic nitrogens is 5. The van der Waals surface area contributed by atoms with Gasteiger partial charge in [0.2, 0.25) is 0 Å². The van der Waals surface area contributed by atoms with Gasteiger partial charge in [0, 0.05) is 24.3 Å². The van der Waals surface area contributed by atoms with E-state index in [4.69, 9.17) is 9.15 Å². The summed E-state index contributed by atoms with van der Waals surface area (Å²) in [5, 5.41) is 9.41. The van der Waals surface area contributed by atoms with Crippen molar-refractivity contribution in [3.8, 4) is 22.4 Å². The predicted octanol–water partition coefficient (Wildman–Crippen LogP) is 4.33. The lowest BCUT2D eigenvalue weighted by Crippen LogP contribution is -2.28. The lowest BCUT2D eigenvalue weighted by Gasteiger charge is -2.14. The Balaban J connectivity index is 1.36. The first-order valence-electron chi connectivity index (χ1n) is 10.1. The molecule has 0 aliphatic carbocycles. The fourth-order valence-corrected chi connectivity index (χ4v) is 5.94. The van der Waals surface area contributed by atoms with Gasteiger partial charge in [-0.2, -0.15) is 4.72 Å². The first kappa shape index (κ1) is 21.4. The molecule has 4 aromatic heterocycles. The zero-order valence-electron chi connectivity index (χ0n) is 17.7. The van der Waals surface area contributed by atoms with Crippen molar-refractivity contribution >= 4 is 32.3 Å². The number of nitrogens with one attached hydrogen (secondary N) is 2. The quantitative estimate of drug-likeness (QED) is 0.335.